The van der Waals surface area contributed by atoms with Crippen molar-refractivity contribution in [2.75, 3.05) is 13.1 Å². The first kappa shape index (κ1) is 12.0. The van der Waals surface area contributed by atoms with E-state index in [4.69, 9.17) is 0 Å². The molecule has 0 aliphatic carbocycles. The fourth-order valence-corrected chi connectivity index (χ4v) is 2.65. The van der Waals surface area contributed by atoms with E-state index < -0.39 is 5.97 Å². The summed E-state index contributed by atoms with van der Waals surface area (Å²) in [5.41, 5.74) is 1.02. The molecule has 0 unspecified atom stereocenters. The van der Waals surface area contributed by atoms with E-state index in [2.05, 4.69) is 16.8 Å². The molecule has 1 aromatic rings. The molecule has 4 nitrogen and oxygen atoms in total. The number of aromatic nitrogens is 1. The highest BCUT2D eigenvalue weighted by molar-refractivity contribution is 5.71. The van der Waals surface area contributed by atoms with Crippen molar-refractivity contribution in [3.05, 3.63) is 30.1 Å². The second kappa shape index (κ2) is 5.27. The molecule has 0 spiro atoms. The van der Waals surface area contributed by atoms with Crippen LogP contribution in [0.5, 0.6) is 0 Å². The van der Waals surface area contributed by atoms with E-state index in [0.29, 0.717) is 0 Å². The number of hydrogen-bond donors (Lipinski definition) is 1. The summed E-state index contributed by atoms with van der Waals surface area (Å²) in [5, 5.41) is 9.28. The normalized spacial score (nSPS) is 25.0. The van der Waals surface area contributed by atoms with Crippen LogP contribution in [0.25, 0.3) is 0 Å². The molecule has 2 rings (SSSR count). The Bertz CT molecular complexity index is 380. The first-order valence-corrected chi connectivity index (χ1v) is 6.10. The molecule has 2 heterocycles. The van der Waals surface area contributed by atoms with Gasteiger partial charge in [-0.25, -0.2) is 0 Å². The van der Waals surface area contributed by atoms with Crippen LogP contribution in [0, 0.1) is 5.92 Å². The minimum Gasteiger partial charge on any atom is -0.481 e. The number of hydrogen-bond acceptors (Lipinski definition) is 3. The van der Waals surface area contributed by atoms with Gasteiger partial charge in [-0.15, -0.1) is 0 Å². The van der Waals surface area contributed by atoms with E-state index in [9.17, 15) is 9.90 Å². The van der Waals surface area contributed by atoms with Gasteiger partial charge in [0.25, 0.3) is 0 Å². The lowest BCUT2D eigenvalue weighted by Crippen LogP contribution is -2.29. The average molecular weight is 234 g/mol. The van der Waals surface area contributed by atoms with Gasteiger partial charge in [-0.3, -0.25) is 14.7 Å². The van der Waals surface area contributed by atoms with Crippen molar-refractivity contribution in [3.63, 3.8) is 0 Å². The Morgan fingerprint density at radius 3 is 3.06 bits per heavy atom. The third-order valence-electron chi connectivity index (χ3n) is 3.36. The number of carboxylic acid groups (broad SMARTS) is 1. The van der Waals surface area contributed by atoms with E-state index in [1.54, 1.807) is 12.4 Å². The Balaban J connectivity index is 2.26. The van der Waals surface area contributed by atoms with Crippen molar-refractivity contribution < 1.29 is 9.90 Å². The zero-order valence-electron chi connectivity index (χ0n) is 10.0. The Labute approximate surface area is 101 Å². The van der Waals surface area contributed by atoms with Gasteiger partial charge >= 0.3 is 5.97 Å². The van der Waals surface area contributed by atoms with Gasteiger partial charge in [0.2, 0.25) is 0 Å². The number of pyridine rings is 1. The van der Waals surface area contributed by atoms with Gasteiger partial charge < -0.3 is 5.11 Å². The highest BCUT2D eigenvalue weighted by Crippen LogP contribution is 2.36. The van der Waals surface area contributed by atoms with Gasteiger partial charge in [-0.1, -0.05) is 13.0 Å². The number of nitrogens with zero attached hydrogens (tertiary/aromatic N) is 2. The van der Waals surface area contributed by atoms with Crippen molar-refractivity contribution >= 4 is 5.97 Å². The summed E-state index contributed by atoms with van der Waals surface area (Å²) in [6.45, 7) is 3.93. The third-order valence-corrected chi connectivity index (χ3v) is 3.36. The Kier molecular flexibility index (Phi) is 3.74. The number of carbonyl (C=O) groups is 1. The molecule has 0 aromatic carbocycles. The highest BCUT2D eigenvalue weighted by atomic mass is 16.4. The molecule has 0 radical (unpaired) electrons. The second-order valence-electron chi connectivity index (χ2n) is 4.50. The summed E-state index contributed by atoms with van der Waals surface area (Å²) >= 11 is 0. The summed E-state index contributed by atoms with van der Waals surface area (Å²) in [6.07, 6.45) is 5.28. The maximum absolute atomic E-state index is 11.3. The monoisotopic (exact) mass is 234 g/mol. The van der Waals surface area contributed by atoms with Crippen LogP contribution in [-0.4, -0.2) is 34.0 Å². The summed E-state index contributed by atoms with van der Waals surface area (Å²) in [4.78, 5) is 17.6. The molecule has 1 aliphatic rings. The molecule has 1 N–H and O–H groups in total. The number of aliphatic carboxylic acids is 1. The lowest BCUT2D eigenvalue weighted by Gasteiger charge is -2.26. The second-order valence-corrected chi connectivity index (χ2v) is 4.50. The molecule has 0 bridgehead atoms. The van der Waals surface area contributed by atoms with Crippen LogP contribution >= 0.6 is 0 Å². The van der Waals surface area contributed by atoms with Crippen LogP contribution in [0.4, 0.5) is 0 Å². The number of rotatable bonds is 4. The van der Waals surface area contributed by atoms with Crippen LogP contribution in [0.15, 0.2) is 24.5 Å². The largest absolute Gasteiger partial charge is 0.481 e. The van der Waals surface area contributed by atoms with Crippen LogP contribution in [0.2, 0.25) is 0 Å². The predicted octanol–water partition coefficient (Wildman–Crippen LogP) is 1.94. The van der Waals surface area contributed by atoms with Gasteiger partial charge in [0.05, 0.1) is 5.92 Å². The Morgan fingerprint density at radius 2 is 2.47 bits per heavy atom. The molecule has 2 atom stereocenters. The summed E-state index contributed by atoms with van der Waals surface area (Å²) in [6, 6.07) is 3.83. The Morgan fingerprint density at radius 1 is 1.65 bits per heavy atom. The quantitative estimate of drug-likeness (QED) is 0.865. The van der Waals surface area contributed by atoms with Crippen molar-refractivity contribution in [1.29, 1.82) is 0 Å². The molecular weight excluding hydrogens is 216 g/mol. The van der Waals surface area contributed by atoms with Crippen molar-refractivity contribution in [3.8, 4) is 0 Å². The molecule has 1 saturated heterocycles. The summed E-state index contributed by atoms with van der Waals surface area (Å²) < 4.78 is 0. The molecule has 0 saturated carbocycles. The molecule has 0 amide bonds. The Hall–Kier alpha value is -1.42. The van der Waals surface area contributed by atoms with Gasteiger partial charge in [0.1, 0.15) is 0 Å². The molecule has 92 valence electrons. The smallest absolute Gasteiger partial charge is 0.308 e. The third kappa shape index (κ3) is 2.47. The van der Waals surface area contributed by atoms with E-state index in [1.165, 1.54) is 0 Å². The standard InChI is InChI=1S/C13H18N2O2/c1-2-7-15-8-5-11(13(16)17)12(15)10-4-3-6-14-9-10/h3-4,6,9,11-12H,2,5,7-8H2,1H3,(H,16,17)/t11-,12+/m0/s1. The lowest BCUT2D eigenvalue weighted by atomic mass is 9.95. The van der Waals surface area contributed by atoms with Gasteiger partial charge in [-0.2, -0.15) is 0 Å². The predicted molar refractivity (Wildman–Crippen MR) is 64.6 cm³/mol. The molecule has 17 heavy (non-hydrogen) atoms. The minimum atomic E-state index is -0.697. The molecule has 1 aliphatic heterocycles. The van der Waals surface area contributed by atoms with Gasteiger partial charge in [0.15, 0.2) is 0 Å². The zero-order valence-corrected chi connectivity index (χ0v) is 10.0. The van der Waals surface area contributed by atoms with Crippen LogP contribution < -0.4 is 0 Å². The molecule has 1 aromatic heterocycles. The van der Waals surface area contributed by atoms with E-state index in [-0.39, 0.29) is 12.0 Å². The van der Waals surface area contributed by atoms with Gasteiger partial charge in [0, 0.05) is 18.4 Å². The van der Waals surface area contributed by atoms with E-state index in [0.717, 1.165) is 31.5 Å². The summed E-state index contributed by atoms with van der Waals surface area (Å²) in [7, 11) is 0. The SMILES string of the molecule is CCCN1CC[C@H](C(=O)O)[C@H]1c1cccnc1. The number of carboxylic acids is 1. The average Bonchev–Trinajstić information content (AvgIpc) is 2.74. The summed E-state index contributed by atoms with van der Waals surface area (Å²) in [5.74, 6) is -0.997. The fourth-order valence-electron chi connectivity index (χ4n) is 2.65. The van der Waals surface area contributed by atoms with Crippen LogP contribution in [0.3, 0.4) is 0 Å². The number of likely N-dealkylation sites (tertiary alicyclic amines) is 1. The maximum Gasteiger partial charge on any atom is 0.308 e. The first-order valence-electron chi connectivity index (χ1n) is 6.10. The maximum atomic E-state index is 11.3. The van der Waals surface area contributed by atoms with Crippen molar-refractivity contribution in [1.82, 2.24) is 9.88 Å². The zero-order chi connectivity index (χ0) is 12.3. The van der Waals surface area contributed by atoms with Crippen molar-refractivity contribution in [2.24, 2.45) is 5.92 Å². The minimum absolute atomic E-state index is 0.0128. The van der Waals surface area contributed by atoms with Crippen LogP contribution in [-0.2, 0) is 4.79 Å². The topological polar surface area (TPSA) is 53.4 Å². The molecular formula is C13H18N2O2. The highest BCUT2D eigenvalue weighted by Gasteiger charge is 2.39. The first-order chi connectivity index (χ1) is 8.24. The molecule has 1 fully saturated rings. The van der Waals surface area contributed by atoms with Gasteiger partial charge in [-0.05, 0) is 37.6 Å². The van der Waals surface area contributed by atoms with Crippen LogP contribution in [0.1, 0.15) is 31.4 Å². The van der Waals surface area contributed by atoms with E-state index >= 15 is 0 Å². The lowest BCUT2D eigenvalue weighted by molar-refractivity contribution is -0.142. The fraction of sp³-hybridized carbons (Fsp3) is 0.538. The van der Waals surface area contributed by atoms with E-state index in [1.807, 2.05) is 12.1 Å². The van der Waals surface area contributed by atoms with Crippen molar-refractivity contribution in [2.45, 2.75) is 25.8 Å². The molecule has 4 heteroatoms.